The second kappa shape index (κ2) is 11.1. The highest BCUT2D eigenvalue weighted by Crippen LogP contribution is 2.63. The minimum absolute atomic E-state index is 0.0247. The number of fused-ring (bicyclic) bond motifs is 12. The standard InChI is InChI=1S/C54H47NO/c1-33-20-26-49-47(28-33)54(32-51(2,3)43-18-12-13-19-44(43)54)48-31-36(23-27-50(48)56-49)55(34-21-24-39-37-14-8-10-16-41(37)52(4,5)45(39)29-34)35-22-25-40-38-15-9-11-17-42(38)53(6,7)46(40)30-35/h8-31H,32H2,1-7H3. The summed E-state index contributed by atoms with van der Waals surface area (Å²) >= 11 is 0. The molecule has 2 nitrogen and oxygen atoms in total. The first-order valence-electron chi connectivity index (χ1n) is 20.2. The van der Waals surface area contributed by atoms with Crippen molar-refractivity contribution >= 4 is 17.1 Å². The molecule has 4 aliphatic rings. The summed E-state index contributed by atoms with van der Waals surface area (Å²) in [6.07, 6.45) is 0.964. The number of anilines is 3. The zero-order valence-electron chi connectivity index (χ0n) is 33.4. The fraction of sp³-hybridized carbons (Fsp3) is 0.222. The number of aryl methyl sites for hydroxylation is 1. The molecule has 1 heterocycles. The van der Waals surface area contributed by atoms with Gasteiger partial charge in [-0.05, 0) is 123 Å². The quantitative estimate of drug-likeness (QED) is 0.180. The van der Waals surface area contributed by atoms with E-state index in [4.69, 9.17) is 4.74 Å². The molecule has 0 radical (unpaired) electrons. The monoisotopic (exact) mass is 725 g/mol. The first-order valence-corrected chi connectivity index (χ1v) is 20.2. The Morgan fingerprint density at radius 1 is 0.411 bits per heavy atom. The fourth-order valence-corrected chi connectivity index (χ4v) is 11.3. The highest BCUT2D eigenvalue weighted by atomic mass is 16.5. The van der Waals surface area contributed by atoms with Gasteiger partial charge in [0, 0.05) is 39.0 Å². The van der Waals surface area contributed by atoms with Crippen molar-refractivity contribution in [3.8, 4) is 33.8 Å². The summed E-state index contributed by atoms with van der Waals surface area (Å²) < 4.78 is 6.88. The third kappa shape index (κ3) is 4.33. The summed E-state index contributed by atoms with van der Waals surface area (Å²) in [4.78, 5) is 2.50. The van der Waals surface area contributed by atoms with E-state index in [9.17, 15) is 0 Å². The maximum absolute atomic E-state index is 6.88. The van der Waals surface area contributed by atoms with Gasteiger partial charge >= 0.3 is 0 Å². The second-order valence-electron chi connectivity index (χ2n) is 18.4. The summed E-state index contributed by atoms with van der Waals surface area (Å²) in [6, 6.07) is 55.0. The topological polar surface area (TPSA) is 12.5 Å². The molecular formula is C54H47NO. The van der Waals surface area contributed by atoms with E-state index in [0.29, 0.717) is 0 Å². The number of rotatable bonds is 3. The van der Waals surface area contributed by atoms with Crippen LogP contribution < -0.4 is 9.64 Å². The van der Waals surface area contributed by atoms with Crippen LogP contribution in [0.2, 0.25) is 0 Å². The molecule has 1 aliphatic heterocycles. The van der Waals surface area contributed by atoms with Gasteiger partial charge in [-0.15, -0.1) is 0 Å². The maximum atomic E-state index is 6.88. The Hall–Kier alpha value is -5.86. The molecule has 274 valence electrons. The molecule has 0 aromatic heterocycles. The molecule has 1 spiro atoms. The minimum Gasteiger partial charge on any atom is -0.457 e. The summed E-state index contributed by atoms with van der Waals surface area (Å²) in [6.45, 7) is 16.5. The Morgan fingerprint density at radius 3 is 1.41 bits per heavy atom. The van der Waals surface area contributed by atoms with Crippen LogP contribution in [-0.4, -0.2) is 0 Å². The first kappa shape index (κ1) is 33.5. The van der Waals surface area contributed by atoms with Gasteiger partial charge in [0.1, 0.15) is 11.5 Å². The Balaban J connectivity index is 1.16. The molecule has 2 heteroatoms. The molecule has 1 unspecified atom stereocenters. The van der Waals surface area contributed by atoms with Crippen molar-refractivity contribution in [2.45, 2.75) is 76.5 Å². The summed E-state index contributed by atoms with van der Waals surface area (Å²) in [7, 11) is 0. The minimum atomic E-state index is -0.361. The third-order valence-corrected chi connectivity index (χ3v) is 14.0. The molecule has 1 atom stereocenters. The highest BCUT2D eigenvalue weighted by Gasteiger charge is 2.54. The molecule has 7 aromatic carbocycles. The van der Waals surface area contributed by atoms with Crippen LogP contribution >= 0.6 is 0 Å². The van der Waals surface area contributed by atoms with Crippen LogP contribution in [0.3, 0.4) is 0 Å². The molecule has 0 bridgehead atoms. The third-order valence-electron chi connectivity index (χ3n) is 14.0. The van der Waals surface area contributed by atoms with E-state index in [2.05, 4.69) is 199 Å². The van der Waals surface area contributed by atoms with Gasteiger partial charge in [0.05, 0.1) is 5.41 Å². The van der Waals surface area contributed by atoms with Crippen molar-refractivity contribution < 1.29 is 4.74 Å². The van der Waals surface area contributed by atoms with Gasteiger partial charge in [-0.1, -0.05) is 144 Å². The highest BCUT2D eigenvalue weighted by molar-refractivity contribution is 5.89. The largest absolute Gasteiger partial charge is 0.457 e. The smallest absolute Gasteiger partial charge is 0.132 e. The molecule has 0 saturated carbocycles. The average Bonchev–Trinajstić information content (AvgIpc) is 3.69. The second-order valence-corrected chi connectivity index (χ2v) is 18.4. The van der Waals surface area contributed by atoms with Gasteiger partial charge in [-0.25, -0.2) is 0 Å². The van der Waals surface area contributed by atoms with Crippen LogP contribution in [0, 0.1) is 6.92 Å². The van der Waals surface area contributed by atoms with Crippen LogP contribution in [0.15, 0.2) is 146 Å². The van der Waals surface area contributed by atoms with E-state index in [0.717, 1.165) is 35.0 Å². The predicted molar refractivity (Wildman–Crippen MR) is 231 cm³/mol. The molecule has 0 saturated heterocycles. The van der Waals surface area contributed by atoms with Crippen LogP contribution in [0.4, 0.5) is 17.1 Å². The lowest BCUT2D eigenvalue weighted by Crippen LogP contribution is -2.32. The van der Waals surface area contributed by atoms with Crippen molar-refractivity contribution in [3.05, 3.63) is 196 Å². The number of hydrogen-bond donors (Lipinski definition) is 0. The lowest BCUT2D eigenvalue weighted by molar-refractivity contribution is 0.382. The first-order chi connectivity index (χ1) is 26.9. The lowest BCUT2D eigenvalue weighted by Gasteiger charge is -2.40. The fourth-order valence-electron chi connectivity index (χ4n) is 11.3. The van der Waals surface area contributed by atoms with Gasteiger partial charge in [0.15, 0.2) is 0 Å². The average molecular weight is 726 g/mol. The molecule has 11 rings (SSSR count). The summed E-state index contributed by atoms with van der Waals surface area (Å²) in [5, 5.41) is 0. The van der Waals surface area contributed by atoms with E-state index in [1.165, 1.54) is 72.3 Å². The van der Waals surface area contributed by atoms with E-state index in [1.54, 1.807) is 0 Å². The Kier molecular flexibility index (Phi) is 6.65. The number of nitrogens with zero attached hydrogens (tertiary/aromatic N) is 1. The van der Waals surface area contributed by atoms with Crippen molar-refractivity contribution in [3.63, 3.8) is 0 Å². The number of hydrogen-bond acceptors (Lipinski definition) is 2. The van der Waals surface area contributed by atoms with Gasteiger partial charge in [-0.2, -0.15) is 0 Å². The SMILES string of the molecule is Cc1ccc2c(c1)C1(CC(C)(C)c3ccccc31)c1cc(N(c3ccc4c(c3)C(C)(C)c3ccccc3-4)c3ccc4c(c3)C(C)(C)c3ccccc3-4)ccc1O2. The molecule has 0 amide bonds. The normalized spacial score (nSPS) is 19.2. The maximum Gasteiger partial charge on any atom is 0.132 e. The Morgan fingerprint density at radius 2 is 0.839 bits per heavy atom. The van der Waals surface area contributed by atoms with Gasteiger partial charge in [0.2, 0.25) is 0 Å². The van der Waals surface area contributed by atoms with Crippen LogP contribution in [0.5, 0.6) is 11.5 Å². The molecule has 3 aliphatic carbocycles. The van der Waals surface area contributed by atoms with Gasteiger partial charge in [0.25, 0.3) is 0 Å². The predicted octanol–water partition coefficient (Wildman–Crippen LogP) is 14.2. The van der Waals surface area contributed by atoms with Crippen LogP contribution in [-0.2, 0) is 21.7 Å². The molecule has 56 heavy (non-hydrogen) atoms. The Labute approximate surface area is 331 Å². The van der Waals surface area contributed by atoms with Crippen LogP contribution in [0.25, 0.3) is 22.3 Å². The van der Waals surface area contributed by atoms with Crippen LogP contribution in [0.1, 0.15) is 98.0 Å². The number of benzene rings is 7. The van der Waals surface area contributed by atoms with E-state index in [1.807, 2.05) is 0 Å². The van der Waals surface area contributed by atoms with Crippen molar-refractivity contribution in [1.29, 1.82) is 0 Å². The summed E-state index contributed by atoms with van der Waals surface area (Å²) in [5.41, 5.74) is 20.2. The summed E-state index contributed by atoms with van der Waals surface area (Å²) in [5.74, 6) is 1.90. The molecule has 7 aromatic rings. The van der Waals surface area contributed by atoms with E-state index >= 15 is 0 Å². The van der Waals surface area contributed by atoms with Gasteiger partial charge in [-0.3, -0.25) is 0 Å². The molecular weight excluding hydrogens is 679 g/mol. The van der Waals surface area contributed by atoms with E-state index in [-0.39, 0.29) is 21.7 Å². The zero-order valence-corrected chi connectivity index (χ0v) is 33.4. The van der Waals surface area contributed by atoms with E-state index < -0.39 is 0 Å². The van der Waals surface area contributed by atoms with Crippen molar-refractivity contribution in [2.75, 3.05) is 4.90 Å². The lowest BCUT2D eigenvalue weighted by atomic mass is 9.66. The molecule has 0 fully saturated rings. The zero-order chi connectivity index (χ0) is 38.4. The number of ether oxygens (including phenoxy) is 1. The van der Waals surface area contributed by atoms with Crippen molar-refractivity contribution in [1.82, 2.24) is 0 Å². The van der Waals surface area contributed by atoms with Crippen molar-refractivity contribution in [2.24, 2.45) is 0 Å². The Bertz CT molecular complexity index is 2710. The van der Waals surface area contributed by atoms with Gasteiger partial charge < -0.3 is 9.64 Å². The molecule has 0 N–H and O–H groups in total.